The van der Waals surface area contributed by atoms with Crippen molar-refractivity contribution >= 4 is 17.5 Å². The Labute approximate surface area is 177 Å². The summed E-state index contributed by atoms with van der Waals surface area (Å²) < 4.78 is 5.61. The maximum Gasteiger partial charge on any atom is 0.275 e. The molecule has 0 atom stereocenters. The molecular weight excluding hydrogens is 388 g/mol. The molecule has 6 nitrogen and oxygen atoms in total. The van der Waals surface area contributed by atoms with Crippen LogP contribution in [0.15, 0.2) is 34.9 Å². The Morgan fingerprint density at radius 2 is 1.79 bits per heavy atom. The van der Waals surface area contributed by atoms with Crippen molar-refractivity contribution in [1.82, 2.24) is 19.7 Å². The monoisotopic (exact) mass is 416 g/mol. The molecule has 7 heteroatoms. The first-order valence-electron chi connectivity index (χ1n) is 10.5. The first-order chi connectivity index (χ1) is 14.1. The van der Waals surface area contributed by atoms with Crippen molar-refractivity contribution in [3.63, 3.8) is 0 Å². The molecule has 3 heterocycles. The highest BCUT2D eigenvalue weighted by atomic mass is 35.5. The average molecular weight is 417 g/mol. The van der Waals surface area contributed by atoms with Crippen molar-refractivity contribution in [2.75, 3.05) is 39.3 Å². The van der Waals surface area contributed by atoms with Gasteiger partial charge in [0, 0.05) is 50.8 Å². The molecule has 2 aliphatic rings. The number of likely N-dealkylation sites (tertiary alicyclic amines) is 1. The quantitative estimate of drug-likeness (QED) is 0.746. The number of halogens is 1. The van der Waals surface area contributed by atoms with Crippen LogP contribution in [0.5, 0.6) is 0 Å². The number of benzene rings is 1. The molecular formula is C22H29ClN4O2. The number of nitrogens with zero attached hydrogens (tertiary/aromatic N) is 4. The van der Waals surface area contributed by atoms with Crippen LogP contribution in [0, 0.1) is 5.92 Å². The number of aromatic nitrogens is 1. The van der Waals surface area contributed by atoms with Gasteiger partial charge in [-0.15, -0.1) is 0 Å². The summed E-state index contributed by atoms with van der Waals surface area (Å²) in [5.41, 5.74) is 1.68. The Kier molecular flexibility index (Phi) is 6.53. The van der Waals surface area contributed by atoms with Gasteiger partial charge in [-0.2, -0.15) is 0 Å². The predicted molar refractivity (Wildman–Crippen MR) is 113 cm³/mol. The Morgan fingerprint density at radius 3 is 2.48 bits per heavy atom. The van der Waals surface area contributed by atoms with Crippen LogP contribution in [-0.4, -0.2) is 64.9 Å². The summed E-state index contributed by atoms with van der Waals surface area (Å²) in [7, 11) is 0. The number of piperidine rings is 1. The SMILES string of the molecule is CC1CCN(C(=O)c2coc(CN3CCN(Cc4cccc(Cl)c4)CC3)n2)CC1. The fourth-order valence-electron chi connectivity index (χ4n) is 4.05. The summed E-state index contributed by atoms with van der Waals surface area (Å²) in [6.45, 7) is 9.33. The van der Waals surface area contributed by atoms with Crippen LogP contribution in [0.2, 0.25) is 5.02 Å². The molecule has 2 aliphatic heterocycles. The van der Waals surface area contributed by atoms with Gasteiger partial charge < -0.3 is 9.32 Å². The molecule has 1 amide bonds. The minimum atomic E-state index is -0.00163. The molecule has 1 aromatic carbocycles. The number of amides is 1. The third kappa shape index (κ3) is 5.38. The van der Waals surface area contributed by atoms with Crippen molar-refractivity contribution in [2.24, 2.45) is 5.92 Å². The predicted octanol–water partition coefficient (Wildman–Crippen LogP) is 3.52. The lowest BCUT2D eigenvalue weighted by Crippen LogP contribution is -2.45. The van der Waals surface area contributed by atoms with Gasteiger partial charge in [0.1, 0.15) is 6.26 Å². The van der Waals surface area contributed by atoms with E-state index in [1.165, 1.54) is 11.8 Å². The number of carbonyl (C=O) groups excluding carboxylic acids is 1. The van der Waals surface area contributed by atoms with Gasteiger partial charge in [0.15, 0.2) is 5.69 Å². The van der Waals surface area contributed by atoms with Gasteiger partial charge in [0.05, 0.1) is 6.54 Å². The molecule has 0 aliphatic carbocycles. The molecule has 0 bridgehead atoms. The molecule has 2 aromatic rings. The Bertz CT molecular complexity index is 824. The van der Waals surface area contributed by atoms with Crippen LogP contribution in [0.3, 0.4) is 0 Å². The van der Waals surface area contributed by atoms with E-state index in [-0.39, 0.29) is 5.91 Å². The fraction of sp³-hybridized carbons (Fsp3) is 0.545. The third-order valence-electron chi connectivity index (χ3n) is 5.96. The Morgan fingerprint density at radius 1 is 1.10 bits per heavy atom. The van der Waals surface area contributed by atoms with Gasteiger partial charge >= 0.3 is 0 Å². The number of hydrogen-bond donors (Lipinski definition) is 0. The summed E-state index contributed by atoms with van der Waals surface area (Å²) in [6, 6.07) is 8.05. The molecule has 2 fully saturated rings. The normalized spacial score (nSPS) is 19.6. The summed E-state index contributed by atoms with van der Waals surface area (Å²) in [6.07, 6.45) is 3.65. The summed E-state index contributed by atoms with van der Waals surface area (Å²) in [4.78, 5) is 23.8. The van der Waals surface area contributed by atoms with Crippen molar-refractivity contribution in [3.05, 3.63) is 52.7 Å². The van der Waals surface area contributed by atoms with Crippen molar-refractivity contribution in [1.29, 1.82) is 0 Å². The molecule has 2 saturated heterocycles. The second-order valence-electron chi connectivity index (χ2n) is 8.28. The fourth-order valence-corrected chi connectivity index (χ4v) is 4.26. The van der Waals surface area contributed by atoms with Crippen LogP contribution in [0.4, 0.5) is 0 Å². The standard InChI is InChI=1S/C22H29ClN4O2/c1-17-5-7-27(8-6-17)22(28)20-16-29-21(24-20)15-26-11-9-25(10-12-26)14-18-3-2-4-19(23)13-18/h2-4,13,16-17H,5-12,14-15H2,1H3. The number of carbonyl (C=O) groups is 1. The smallest absolute Gasteiger partial charge is 0.275 e. The van der Waals surface area contributed by atoms with Gasteiger partial charge in [-0.3, -0.25) is 14.6 Å². The molecule has 1 aromatic heterocycles. The van der Waals surface area contributed by atoms with Crippen LogP contribution < -0.4 is 0 Å². The minimum Gasteiger partial charge on any atom is -0.447 e. The van der Waals surface area contributed by atoms with Crippen LogP contribution >= 0.6 is 11.6 Å². The average Bonchev–Trinajstić information content (AvgIpc) is 3.18. The number of piperazine rings is 1. The van der Waals surface area contributed by atoms with Crippen molar-refractivity contribution in [2.45, 2.75) is 32.9 Å². The molecule has 0 radical (unpaired) electrons. The molecule has 156 valence electrons. The zero-order valence-corrected chi connectivity index (χ0v) is 17.8. The summed E-state index contributed by atoms with van der Waals surface area (Å²) >= 11 is 6.08. The van der Waals surface area contributed by atoms with Crippen molar-refractivity contribution in [3.8, 4) is 0 Å². The number of rotatable bonds is 5. The lowest BCUT2D eigenvalue weighted by molar-refractivity contribution is 0.0691. The second-order valence-corrected chi connectivity index (χ2v) is 8.72. The third-order valence-corrected chi connectivity index (χ3v) is 6.20. The van der Waals surface area contributed by atoms with Crippen LogP contribution in [0.1, 0.15) is 41.7 Å². The lowest BCUT2D eigenvalue weighted by Gasteiger charge is -2.34. The van der Waals surface area contributed by atoms with E-state index in [2.05, 4.69) is 27.8 Å². The van der Waals surface area contributed by atoms with E-state index in [1.54, 1.807) is 0 Å². The highest BCUT2D eigenvalue weighted by Crippen LogP contribution is 2.19. The molecule has 0 saturated carbocycles. The van der Waals surface area contributed by atoms with E-state index >= 15 is 0 Å². The largest absolute Gasteiger partial charge is 0.447 e. The lowest BCUT2D eigenvalue weighted by atomic mass is 9.99. The second kappa shape index (κ2) is 9.28. The first kappa shape index (κ1) is 20.4. The minimum absolute atomic E-state index is 0.00163. The van der Waals surface area contributed by atoms with Gasteiger partial charge in [-0.25, -0.2) is 4.98 Å². The number of hydrogen-bond acceptors (Lipinski definition) is 5. The summed E-state index contributed by atoms with van der Waals surface area (Å²) in [5, 5.41) is 0.787. The molecule has 29 heavy (non-hydrogen) atoms. The highest BCUT2D eigenvalue weighted by Gasteiger charge is 2.25. The Balaban J connectivity index is 1.25. The van der Waals surface area contributed by atoms with E-state index in [4.69, 9.17) is 16.0 Å². The zero-order chi connectivity index (χ0) is 20.2. The first-order valence-corrected chi connectivity index (χ1v) is 10.9. The topological polar surface area (TPSA) is 52.8 Å². The molecule has 0 spiro atoms. The highest BCUT2D eigenvalue weighted by molar-refractivity contribution is 6.30. The molecule has 0 unspecified atom stereocenters. The maximum atomic E-state index is 12.6. The summed E-state index contributed by atoms with van der Waals surface area (Å²) in [5.74, 6) is 1.32. The van der Waals surface area contributed by atoms with Crippen molar-refractivity contribution < 1.29 is 9.21 Å². The zero-order valence-electron chi connectivity index (χ0n) is 17.0. The van der Waals surface area contributed by atoms with E-state index in [0.29, 0.717) is 24.0 Å². The van der Waals surface area contributed by atoms with Gasteiger partial charge in [0.25, 0.3) is 5.91 Å². The van der Waals surface area contributed by atoms with E-state index < -0.39 is 0 Å². The van der Waals surface area contributed by atoms with Gasteiger partial charge in [-0.1, -0.05) is 30.7 Å². The maximum absolute atomic E-state index is 12.6. The van der Waals surface area contributed by atoms with Gasteiger partial charge in [0.2, 0.25) is 5.89 Å². The number of oxazole rings is 1. The molecule has 0 N–H and O–H groups in total. The van der Waals surface area contributed by atoms with E-state index in [0.717, 1.165) is 63.7 Å². The molecule has 4 rings (SSSR count). The van der Waals surface area contributed by atoms with Gasteiger partial charge in [-0.05, 0) is 36.5 Å². The van der Waals surface area contributed by atoms with Crippen LogP contribution in [0.25, 0.3) is 0 Å². The van der Waals surface area contributed by atoms with E-state index in [9.17, 15) is 4.79 Å². The van der Waals surface area contributed by atoms with E-state index in [1.807, 2.05) is 23.1 Å². The van der Waals surface area contributed by atoms with Crippen LogP contribution in [-0.2, 0) is 13.1 Å². The Hall–Kier alpha value is -1.89.